The van der Waals surface area contributed by atoms with Crippen molar-refractivity contribution in [3.63, 3.8) is 0 Å². The number of nitrogens with two attached hydrogens (primary N) is 1. The van der Waals surface area contributed by atoms with Gasteiger partial charge in [0.2, 0.25) is 10.0 Å². The van der Waals surface area contributed by atoms with E-state index in [2.05, 4.69) is 4.72 Å². The lowest BCUT2D eigenvalue weighted by Gasteiger charge is -2.28. The number of hydrogen-bond acceptors (Lipinski definition) is 4. The molecule has 0 bridgehead atoms. The van der Waals surface area contributed by atoms with Crippen LogP contribution in [0.15, 0.2) is 41.3 Å². The summed E-state index contributed by atoms with van der Waals surface area (Å²) in [7, 11) is -3.66. The monoisotopic (exact) mass is 384 g/mol. The van der Waals surface area contributed by atoms with Crippen molar-refractivity contribution in [1.82, 2.24) is 4.72 Å². The highest BCUT2D eigenvalue weighted by Crippen LogP contribution is 2.34. The van der Waals surface area contributed by atoms with Crippen molar-refractivity contribution in [3.05, 3.63) is 36.4 Å². The van der Waals surface area contributed by atoms with Gasteiger partial charge in [-0.3, -0.25) is 0 Å². The molecule has 138 valence electrons. The molecule has 0 saturated heterocycles. The van der Waals surface area contributed by atoms with Gasteiger partial charge in [0.05, 0.1) is 11.5 Å². The van der Waals surface area contributed by atoms with Gasteiger partial charge in [-0.2, -0.15) is 0 Å². The van der Waals surface area contributed by atoms with Gasteiger partial charge in [-0.1, -0.05) is 37.1 Å². The van der Waals surface area contributed by atoms with E-state index < -0.39 is 15.6 Å². The molecule has 0 radical (unpaired) electrons. The zero-order valence-corrected chi connectivity index (χ0v) is 16.0. The number of halogens is 1. The van der Waals surface area contributed by atoms with Crippen LogP contribution in [-0.2, 0) is 10.0 Å². The lowest BCUT2D eigenvalue weighted by atomic mass is 10.0. The van der Waals surface area contributed by atoms with E-state index in [4.69, 9.17) is 10.5 Å². The quantitative estimate of drug-likeness (QED) is 0.801. The highest BCUT2D eigenvalue weighted by atomic mass is 35.5. The van der Waals surface area contributed by atoms with Crippen molar-refractivity contribution in [2.24, 2.45) is 5.73 Å². The molecule has 7 heteroatoms. The van der Waals surface area contributed by atoms with Gasteiger partial charge in [0.1, 0.15) is 5.75 Å². The van der Waals surface area contributed by atoms with Gasteiger partial charge >= 0.3 is 0 Å². The van der Waals surface area contributed by atoms with E-state index in [1.165, 1.54) is 0 Å². The van der Waals surface area contributed by atoms with E-state index in [9.17, 15) is 8.42 Å². The summed E-state index contributed by atoms with van der Waals surface area (Å²) < 4.78 is 34.6. The molecule has 0 amide bonds. The molecule has 0 atom stereocenters. The second kappa shape index (κ2) is 7.91. The summed E-state index contributed by atoms with van der Waals surface area (Å²) in [4.78, 5) is 0.279. The van der Waals surface area contributed by atoms with Crippen molar-refractivity contribution >= 4 is 33.2 Å². The van der Waals surface area contributed by atoms with Crippen molar-refractivity contribution < 1.29 is 13.2 Å². The lowest BCUT2D eigenvalue weighted by molar-refractivity contribution is 0.344. The first kappa shape index (κ1) is 20.0. The molecule has 0 unspecified atom stereocenters. The normalized spacial score (nSPS) is 16.6. The minimum absolute atomic E-state index is 0. The molecule has 5 nitrogen and oxygen atoms in total. The number of fused-ring (bicyclic) bond motifs is 1. The first-order chi connectivity index (χ1) is 11.5. The predicted molar refractivity (Wildman–Crippen MR) is 103 cm³/mol. The number of benzene rings is 2. The molecule has 25 heavy (non-hydrogen) atoms. The highest BCUT2D eigenvalue weighted by Gasteiger charge is 2.37. The van der Waals surface area contributed by atoms with Crippen LogP contribution in [0.4, 0.5) is 0 Å². The van der Waals surface area contributed by atoms with Gasteiger partial charge < -0.3 is 10.5 Å². The topological polar surface area (TPSA) is 81.4 Å². The standard InChI is InChI=1S/C18H24N2O3S.ClH/c1-2-23-16-9-10-17(15-8-4-3-7-14(15)16)24(21,22)20-18(13-19)11-5-6-12-18;/h3-4,7-10,20H,2,5-6,11-13,19H2,1H3;1H. The van der Waals surface area contributed by atoms with E-state index in [0.29, 0.717) is 24.3 Å². The number of hydrogen-bond donors (Lipinski definition) is 2. The van der Waals surface area contributed by atoms with E-state index in [-0.39, 0.29) is 17.3 Å². The second-order valence-corrected chi connectivity index (χ2v) is 7.99. The first-order valence-corrected chi connectivity index (χ1v) is 9.88. The van der Waals surface area contributed by atoms with Crippen LogP contribution in [0.3, 0.4) is 0 Å². The molecular formula is C18H25ClN2O3S. The van der Waals surface area contributed by atoms with Crippen LogP contribution in [0.25, 0.3) is 10.8 Å². The van der Waals surface area contributed by atoms with E-state index in [0.717, 1.165) is 31.1 Å². The van der Waals surface area contributed by atoms with Crippen molar-refractivity contribution in [2.45, 2.75) is 43.0 Å². The molecule has 0 aliphatic heterocycles. The Hall–Kier alpha value is -1.34. The summed E-state index contributed by atoms with van der Waals surface area (Å²) in [6.07, 6.45) is 3.59. The summed E-state index contributed by atoms with van der Waals surface area (Å²) in [5.41, 5.74) is 5.37. The summed E-state index contributed by atoms with van der Waals surface area (Å²) >= 11 is 0. The maximum absolute atomic E-state index is 13.0. The minimum atomic E-state index is -3.66. The Balaban J connectivity index is 0.00000225. The number of ether oxygens (including phenoxy) is 1. The van der Waals surface area contributed by atoms with Crippen molar-refractivity contribution in [3.8, 4) is 5.75 Å². The minimum Gasteiger partial charge on any atom is -0.493 e. The SMILES string of the molecule is CCOc1ccc(S(=O)(=O)NC2(CN)CCCC2)c2ccccc12.Cl. The molecular weight excluding hydrogens is 360 g/mol. The van der Waals surface area contributed by atoms with E-state index in [1.807, 2.05) is 31.2 Å². The molecule has 0 aromatic heterocycles. The van der Waals surface area contributed by atoms with Crippen molar-refractivity contribution in [1.29, 1.82) is 0 Å². The summed E-state index contributed by atoms with van der Waals surface area (Å²) in [6, 6.07) is 10.8. The third-order valence-corrected chi connectivity index (χ3v) is 6.37. The first-order valence-electron chi connectivity index (χ1n) is 8.40. The van der Waals surface area contributed by atoms with Gasteiger partial charge in [0.25, 0.3) is 0 Å². The smallest absolute Gasteiger partial charge is 0.241 e. The summed E-state index contributed by atoms with van der Waals surface area (Å²) in [5, 5.41) is 1.47. The molecule has 0 heterocycles. The van der Waals surface area contributed by atoms with E-state index in [1.54, 1.807) is 12.1 Å². The van der Waals surface area contributed by atoms with E-state index >= 15 is 0 Å². The molecule has 0 spiro atoms. The Morgan fingerprint density at radius 3 is 2.36 bits per heavy atom. The molecule has 3 N–H and O–H groups in total. The van der Waals surface area contributed by atoms with Crippen LogP contribution in [0.2, 0.25) is 0 Å². The molecule has 1 aliphatic carbocycles. The fraction of sp³-hybridized carbons (Fsp3) is 0.444. The van der Waals surface area contributed by atoms with Crippen LogP contribution in [-0.4, -0.2) is 27.1 Å². The highest BCUT2D eigenvalue weighted by molar-refractivity contribution is 7.89. The fourth-order valence-electron chi connectivity index (χ4n) is 3.50. The zero-order chi connectivity index (χ0) is 17.2. The average molecular weight is 385 g/mol. The Kier molecular flexibility index (Phi) is 6.32. The van der Waals surface area contributed by atoms with Gasteiger partial charge in [0, 0.05) is 22.9 Å². The fourth-order valence-corrected chi connectivity index (χ4v) is 5.18. The van der Waals surface area contributed by atoms with Crippen LogP contribution < -0.4 is 15.2 Å². The third kappa shape index (κ3) is 3.92. The molecule has 1 aliphatic rings. The molecule has 1 saturated carbocycles. The second-order valence-electron chi connectivity index (χ2n) is 6.34. The Morgan fingerprint density at radius 1 is 1.12 bits per heavy atom. The van der Waals surface area contributed by atoms with Crippen LogP contribution in [0, 0.1) is 0 Å². The van der Waals surface area contributed by atoms with Gasteiger partial charge in [0.15, 0.2) is 0 Å². The molecule has 2 aromatic carbocycles. The van der Waals surface area contributed by atoms with Gasteiger partial charge in [-0.15, -0.1) is 12.4 Å². The Morgan fingerprint density at radius 2 is 1.76 bits per heavy atom. The predicted octanol–water partition coefficient (Wildman–Crippen LogP) is 3.21. The van der Waals surface area contributed by atoms with Gasteiger partial charge in [-0.05, 0) is 31.9 Å². The van der Waals surface area contributed by atoms with Crippen LogP contribution in [0.1, 0.15) is 32.6 Å². The summed E-state index contributed by atoms with van der Waals surface area (Å²) in [6.45, 7) is 2.76. The van der Waals surface area contributed by atoms with Crippen molar-refractivity contribution in [2.75, 3.05) is 13.2 Å². The Bertz CT molecular complexity index is 833. The molecule has 3 rings (SSSR count). The third-order valence-electron chi connectivity index (χ3n) is 4.74. The van der Waals surface area contributed by atoms with Crippen LogP contribution in [0.5, 0.6) is 5.75 Å². The number of rotatable bonds is 6. The average Bonchev–Trinajstić information content (AvgIpc) is 3.03. The molecule has 1 fully saturated rings. The number of nitrogens with one attached hydrogen (secondary N) is 1. The van der Waals surface area contributed by atoms with Gasteiger partial charge in [-0.25, -0.2) is 13.1 Å². The Labute approximate surface area is 155 Å². The largest absolute Gasteiger partial charge is 0.493 e. The zero-order valence-electron chi connectivity index (χ0n) is 14.3. The lowest BCUT2D eigenvalue weighted by Crippen LogP contribution is -2.51. The molecule has 2 aromatic rings. The maximum atomic E-state index is 13.0. The maximum Gasteiger partial charge on any atom is 0.241 e. The van der Waals surface area contributed by atoms with Crippen LogP contribution >= 0.6 is 12.4 Å². The summed E-state index contributed by atoms with van der Waals surface area (Å²) in [5.74, 6) is 0.696. The number of sulfonamides is 1.